The number of alkyl halides is 2. The Hall–Kier alpha value is -1.62. The lowest BCUT2D eigenvalue weighted by Gasteiger charge is -2.13. The summed E-state index contributed by atoms with van der Waals surface area (Å²) in [6, 6.07) is 4.61. The van der Waals surface area contributed by atoms with Crippen LogP contribution in [0.4, 0.5) is 14.5 Å². The van der Waals surface area contributed by atoms with Crippen molar-refractivity contribution in [3.8, 4) is 5.75 Å². The van der Waals surface area contributed by atoms with Crippen LogP contribution in [0.3, 0.4) is 0 Å². The van der Waals surface area contributed by atoms with Crippen molar-refractivity contribution in [1.29, 1.82) is 0 Å². The Kier molecular flexibility index (Phi) is 4.60. The normalized spacial score (nSPS) is 11.1. The Balaban J connectivity index is 2.63. The summed E-state index contributed by atoms with van der Waals surface area (Å²) in [6.07, 6.45) is -1.74. The number of methoxy groups -OCH3 is 1. The number of pyridine rings is 1. The van der Waals surface area contributed by atoms with Gasteiger partial charge in [0.05, 0.1) is 17.6 Å². The molecular formula is C14H15ClF2N2O. The summed E-state index contributed by atoms with van der Waals surface area (Å²) in [7, 11) is 1.47. The van der Waals surface area contributed by atoms with Crippen LogP contribution in [0.15, 0.2) is 18.2 Å². The molecule has 2 rings (SSSR count). The molecule has 0 unspecified atom stereocenters. The van der Waals surface area contributed by atoms with Gasteiger partial charge in [0.2, 0.25) is 0 Å². The molecule has 1 aromatic heterocycles. The van der Waals surface area contributed by atoms with E-state index in [1.807, 2.05) is 6.92 Å². The van der Waals surface area contributed by atoms with E-state index in [4.69, 9.17) is 16.3 Å². The monoisotopic (exact) mass is 300 g/mol. The van der Waals surface area contributed by atoms with Gasteiger partial charge >= 0.3 is 0 Å². The second-order valence-electron chi connectivity index (χ2n) is 4.33. The molecule has 20 heavy (non-hydrogen) atoms. The molecule has 0 bridgehead atoms. The van der Waals surface area contributed by atoms with E-state index in [9.17, 15) is 8.78 Å². The van der Waals surface area contributed by atoms with Crippen molar-refractivity contribution in [1.82, 2.24) is 4.98 Å². The standard InChI is InChI=1S/C14H15ClF2N2O/c1-3-4-18-10-6-12(14(16)17)19-11-7-13(20-2)9(15)5-8(10)11/h5-7,14H,3-4H2,1-2H3,(H,18,19). The molecule has 0 aliphatic carbocycles. The smallest absolute Gasteiger partial charge is 0.280 e. The van der Waals surface area contributed by atoms with E-state index in [-0.39, 0.29) is 5.69 Å². The molecule has 0 aliphatic heterocycles. The van der Waals surface area contributed by atoms with Crippen LogP contribution < -0.4 is 10.1 Å². The first-order chi connectivity index (χ1) is 9.56. The first-order valence-electron chi connectivity index (χ1n) is 6.27. The molecule has 1 heterocycles. The number of aromatic nitrogens is 1. The molecule has 2 aromatic rings. The zero-order chi connectivity index (χ0) is 14.7. The highest BCUT2D eigenvalue weighted by molar-refractivity contribution is 6.33. The molecular weight excluding hydrogens is 286 g/mol. The number of hydrogen-bond acceptors (Lipinski definition) is 3. The number of halogens is 3. The van der Waals surface area contributed by atoms with Crippen molar-refractivity contribution in [2.45, 2.75) is 19.8 Å². The number of rotatable bonds is 5. The molecule has 0 fully saturated rings. The van der Waals surface area contributed by atoms with Crippen LogP contribution in [-0.4, -0.2) is 18.6 Å². The fourth-order valence-electron chi connectivity index (χ4n) is 1.92. The van der Waals surface area contributed by atoms with Crippen molar-refractivity contribution >= 4 is 28.2 Å². The van der Waals surface area contributed by atoms with Gasteiger partial charge in [0.15, 0.2) is 0 Å². The molecule has 0 spiro atoms. The van der Waals surface area contributed by atoms with Gasteiger partial charge in [0.1, 0.15) is 11.4 Å². The van der Waals surface area contributed by atoms with Crippen LogP contribution >= 0.6 is 11.6 Å². The lowest BCUT2D eigenvalue weighted by molar-refractivity contribution is 0.146. The molecule has 0 atom stereocenters. The Bertz CT molecular complexity index is 620. The van der Waals surface area contributed by atoms with Gasteiger partial charge in [-0.3, -0.25) is 0 Å². The third kappa shape index (κ3) is 2.93. The van der Waals surface area contributed by atoms with Gasteiger partial charge in [-0.1, -0.05) is 18.5 Å². The van der Waals surface area contributed by atoms with Crippen molar-refractivity contribution < 1.29 is 13.5 Å². The van der Waals surface area contributed by atoms with E-state index in [1.54, 1.807) is 12.1 Å². The van der Waals surface area contributed by atoms with Crippen molar-refractivity contribution in [2.24, 2.45) is 0 Å². The average Bonchev–Trinajstić information content (AvgIpc) is 2.43. The molecule has 3 nitrogen and oxygen atoms in total. The number of anilines is 1. The van der Waals surface area contributed by atoms with Gasteiger partial charge in [-0.25, -0.2) is 13.8 Å². The van der Waals surface area contributed by atoms with Crippen LogP contribution in [0.5, 0.6) is 5.75 Å². The predicted octanol–water partition coefficient (Wildman–Crippen LogP) is 4.66. The minimum absolute atomic E-state index is 0.263. The van der Waals surface area contributed by atoms with Gasteiger partial charge in [0, 0.05) is 23.7 Å². The molecule has 6 heteroatoms. The van der Waals surface area contributed by atoms with E-state index < -0.39 is 6.43 Å². The van der Waals surface area contributed by atoms with Crippen molar-refractivity contribution in [3.63, 3.8) is 0 Å². The van der Waals surface area contributed by atoms with Crippen LogP contribution in [0, 0.1) is 0 Å². The maximum absolute atomic E-state index is 12.9. The van der Waals surface area contributed by atoms with Gasteiger partial charge in [-0.2, -0.15) is 0 Å². The SMILES string of the molecule is CCCNc1cc(C(F)F)nc2cc(OC)c(Cl)cc12. The molecule has 0 amide bonds. The summed E-state index contributed by atoms with van der Waals surface area (Å²) in [4.78, 5) is 3.96. The molecule has 0 saturated heterocycles. The number of hydrogen-bond donors (Lipinski definition) is 1. The number of nitrogens with zero attached hydrogens (tertiary/aromatic N) is 1. The number of benzene rings is 1. The zero-order valence-corrected chi connectivity index (χ0v) is 12.0. The zero-order valence-electron chi connectivity index (χ0n) is 11.2. The lowest BCUT2D eigenvalue weighted by atomic mass is 10.1. The molecule has 108 valence electrons. The maximum Gasteiger partial charge on any atom is 0.280 e. The van der Waals surface area contributed by atoms with E-state index in [2.05, 4.69) is 10.3 Å². The van der Waals surface area contributed by atoms with E-state index >= 15 is 0 Å². The molecule has 0 radical (unpaired) electrons. The Labute approximate surface area is 120 Å². The fourth-order valence-corrected chi connectivity index (χ4v) is 2.16. The summed E-state index contributed by atoms with van der Waals surface area (Å²) in [6.45, 7) is 2.69. The summed E-state index contributed by atoms with van der Waals surface area (Å²) in [5.74, 6) is 0.416. The molecule has 1 aromatic carbocycles. The first kappa shape index (κ1) is 14.8. The first-order valence-corrected chi connectivity index (χ1v) is 6.64. The summed E-state index contributed by atoms with van der Waals surface area (Å²) < 4.78 is 30.9. The van der Waals surface area contributed by atoms with E-state index in [1.165, 1.54) is 13.2 Å². The average molecular weight is 301 g/mol. The van der Waals surface area contributed by atoms with Gasteiger partial charge in [-0.15, -0.1) is 0 Å². The lowest BCUT2D eigenvalue weighted by Crippen LogP contribution is -2.03. The Morgan fingerprint density at radius 1 is 1.35 bits per heavy atom. The minimum Gasteiger partial charge on any atom is -0.495 e. The molecule has 1 N–H and O–H groups in total. The van der Waals surface area contributed by atoms with Crippen LogP contribution in [0.25, 0.3) is 10.9 Å². The predicted molar refractivity (Wildman–Crippen MR) is 77.0 cm³/mol. The van der Waals surface area contributed by atoms with Crippen LogP contribution in [-0.2, 0) is 0 Å². The van der Waals surface area contributed by atoms with E-state index in [0.29, 0.717) is 33.9 Å². The van der Waals surface area contributed by atoms with Crippen molar-refractivity contribution in [2.75, 3.05) is 19.0 Å². The third-order valence-electron chi connectivity index (χ3n) is 2.89. The van der Waals surface area contributed by atoms with Crippen LogP contribution in [0.1, 0.15) is 25.5 Å². The highest BCUT2D eigenvalue weighted by Crippen LogP contribution is 2.34. The quantitative estimate of drug-likeness (QED) is 0.872. The fraction of sp³-hybridized carbons (Fsp3) is 0.357. The number of nitrogens with one attached hydrogen (secondary N) is 1. The second-order valence-corrected chi connectivity index (χ2v) is 4.73. The Morgan fingerprint density at radius 2 is 2.10 bits per heavy atom. The summed E-state index contributed by atoms with van der Waals surface area (Å²) in [5, 5.41) is 4.25. The van der Waals surface area contributed by atoms with Crippen molar-refractivity contribution in [3.05, 3.63) is 28.9 Å². The Morgan fingerprint density at radius 3 is 2.70 bits per heavy atom. The second kappa shape index (κ2) is 6.22. The summed E-state index contributed by atoms with van der Waals surface area (Å²) >= 11 is 6.08. The number of fused-ring (bicyclic) bond motifs is 1. The van der Waals surface area contributed by atoms with Gasteiger partial charge < -0.3 is 10.1 Å². The van der Waals surface area contributed by atoms with Gasteiger partial charge in [0.25, 0.3) is 6.43 Å². The largest absolute Gasteiger partial charge is 0.495 e. The summed E-state index contributed by atoms with van der Waals surface area (Å²) in [5.41, 5.74) is 0.778. The molecule has 0 saturated carbocycles. The minimum atomic E-state index is -2.62. The number of ether oxygens (including phenoxy) is 1. The highest BCUT2D eigenvalue weighted by Gasteiger charge is 2.15. The van der Waals surface area contributed by atoms with E-state index in [0.717, 1.165) is 6.42 Å². The molecule has 0 aliphatic rings. The topological polar surface area (TPSA) is 34.2 Å². The highest BCUT2D eigenvalue weighted by atomic mass is 35.5. The maximum atomic E-state index is 12.9. The van der Waals surface area contributed by atoms with Gasteiger partial charge in [-0.05, 0) is 18.6 Å². The third-order valence-corrected chi connectivity index (χ3v) is 3.19. The van der Waals surface area contributed by atoms with Crippen LogP contribution in [0.2, 0.25) is 5.02 Å².